The number of hydrogen-bond donors (Lipinski definition) is 1. The summed E-state index contributed by atoms with van der Waals surface area (Å²) in [6.45, 7) is -0.114. The second-order valence-corrected chi connectivity index (χ2v) is 11.8. The van der Waals surface area contributed by atoms with Crippen LogP contribution < -0.4 is 10.1 Å². The van der Waals surface area contributed by atoms with Crippen molar-refractivity contribution in [3.63, 3.8) is 0 Å². The number of para-hydroxylation sites is 1. The van der Waals surface area contributed by atoms with Crippen LogP contribution >= 0.6 is 0 Å². The molecule has 0 aliphatic rings. The molecule has 0 aromatic heterocycles. The number of sulfonamides is 1. The third kappa shape index (κ3) is 8.28. The second-order valence-electron chi connectivity index (χ2n) is 9.87. The highest BCUT2D eigenvalue weighted by atomic mass is 32.2. The molecule has 9 heteroatoms. The van der Waals surface area contributed by atoms with Gasteiger partial charge in [-0.25, -0.2) is 8.42 Å². The van der Waals surface area contributed by atoms with E-state index < -0.39 is 34.4 Å². The summed E-state index contributed by atoms with van der Waals surface area (Å²) < 4.78 is 32.2. The molecule has 0 bridgehead atoms. The Morgan fingerprint density at radius 2 is 1.29 bits per heavy atom. The Morgan fingerprint density at radius 3 is 1.86 bits per heavy atom. The lowest BCUT2D eigenvalue weighted by Crippen LogP contribution is -2.47. The maximum atomic E-state index is 14.1. The quantitative estimate of drug-likeness (QED) is 0.249. The third-order valence-electron chi connectivity index (χ3n) is 6.82. The van der Waals surface area contributed by atoms with Crippen LogP contribution in [0.3, 0.4) is 0 Å². The Bertz CT molecular complexity index is 1570. The molecular formula is C33H35N3O5S. The van der Waals surface area contributed by atoms with Gasteiger partial charge in [0.05, 0.1) is 19.9 Å². The van der Waals surface area contributed by atoms with Crippen molar-refractivity contribution in [2.45, 2.75) is 25.7 Å². The molecule has 218 valence electrons. The number of nitrogens with zero attached hydrogens (tertiary/aromatic N) is 2. The van der Waals surface area contributed by atoms with Gasteiger partial charge in [0, 0.05) is 25.2 Å². The molecule has 0 spiro atoms. The molecule has 1 atom stereocenters. The van der Waals surface area contributed by atoms with Crippen molar-refractivity contribution < 1.29 is 22.7 Å². The zero-order chi connectivity index (χ0) is 30.0. The molecule has 8 nitrogen and oxygen atoms in total. The molecule has 0 heterocycles. The number of rotatable bonds is 13. The monoisotopic (exact) mass is 585 g/mol. The van der Waals surface area contributed by atoms with E-state index in [9.17, 15) is 18.0 Å². The van der Waals surface area contributed by atoms with Crippen molar-refractivity contribution in [2.24, 2.45) is 0 Å². The first-order valence-electron chi connectivity index (χ1n) is 13.5. The summed E-state index contributed by atoms with van der Waals surface area (Å²) in [6, 6.07) is 33.8. The first-order valence-corrected chi connectivity index (χ1v) is 15.4. The zero-order valence-electron chi connectivity index (χ0n) is 23.7. The van der Waals surface area contributed by atoms with E-state index in [0.29, 0.717) is 11.3 Å². The molecule has 0 unspecified atom stereocenters. The van der Waals surface area contributed by atoms with E-state index in [1.807, 2.05) is 91.0 Å². The van der Waals surface area contributed by atoms with Crippen LogP contribution in [0, 0.1) is 0 Å². The molecule has 4 aromatic rings. The Kier molecular flexibility index (Phi) is 10.5. The van der Waals surface area contributed by atoms with E-state index in [0.717, 1.165) is 27.3 Å². The van der Waals surface area contributed by atoms with Gasteiger partial charge < -0.3 is 15.0 Å². The largest absolute Gasteiger partial charge is 0.496 e. The molecule has 4 rings (SSSR count). The average molecular weight is 586 g/mol. The first kappa shape index (κ1) is 30.5. The van der Waals surface area contributed by atoms with Gasteiger partial charge in [0.1, 0.15) is 11.8 Å². The summed E-state index contributed by atoms with van der Waals surface area (Å²) in [6.07, 6.45) is 1.08. The maximum Gasteiger partial charge on any atom is 0.247 e. The molecule has 0 saturated heterocycles. The smallest absolute Gasteiger partial charge is 0.247 e. The van der Waals surface area contributed by atoms with Crippen molar-refractivity contribution in [1.29, 1.82) is 0 Å². The Morgan fingerprint density at radius 1 is 0.762 bits per heavy atom. The SMILES string of the molecule is COc1ccccc1CNC(=O)[C@@H](c1ccccc1)N(Cc1ccccc1)C(=O)CN(Cc1ccccc1)S(C)(=O)=O. The summed E-state index contributed by atoms with van der Waals surface area (Å²) in [5, 5.41) is 2.97. The van der Waals surface area contributed by atoms with E-state index in [-0.39, 0.29) is 19.6 Å². The second kappa shape index (κ2) is 14.4. The lowest BCUT2D eigenvalue weighted by molar-refractivity contribution is -0.141. The molecule has 4 aromatic carbocycles. The van der Waals surface area contributed by atoms with E-state index >= 15 is 0 Å². The van der Waals surface area contributed by atoms with Gasteiger partial charge in [-0.2, -0.15) is 4.31 Å². The first-order chi connectivity index (χ1) is 20.3. The summed E-state index contributed by atoms with van der Waals surface area (Å²) in [5.74, 6) is -0.261. The fourth-order valence-electron chi connectivity index (χ4n) is 4.66. The Balaban J connectivity index is 1.69. The highest BCUT2D eigenvalue weighted by Crippen LogP contribution is 2.26. The van der Waals surface area contributed by atoms with E-state index in [4.69, 9.17) is 4.74 Å². The van der Waals surface area contributed by atoms with Gasteiger partial charge >= 0.3 is 0 Å². The van der Waals surface area contributed by atoms with Crippen molar-refractivity contribution in [2.75, 3.05) is 19.9 Å². The molecule has 0 saturated carbocycles. The van der Waals surface area contributed by atoms with E-state index in [2.05, 4.69) is 5.32 Å². The van der Waals surface area contributed by atoms with E-state index in [1.165, 1.54) is 4.90 Å². The number of carbonyl (C=O) groups is 2. The maximum absolute atomic E-state index is 14.1. The average Bonchev–Trinajstić information content (AvgIpc) is 3.00. The molecule has 0 fully saturated rings. The predicted octanol–water partition coefficient (Wildman–Crippen LogP) is 4.54. The minimum Gasteiger partial charge on any atom is -0.496 e. The number of amides is 2. The van der Waals surface area contributed by atoms with Crippen LogP contribution in [-0.2, 0) is 39.2 Å². The van der Waals surface area contributed by atoms with Gasteiger partial charge in [0.25, 0.3) is 0 Å². The summed E-state index contributed by atoms with van der Waals surface area (Å²) >= 11 is 0. The van der Waals surface area contributed by atoms with Crippen molar-refractivity contribution in [3.8, 4) is 5.75 Å². The van der Waals surface area contributed by atoms with Gasteiger partial charge in [0.2, 0.25) is 21.8 Å². The third-order valence-corrected chi connectivity index (χ3v) is 8.02. The Hall–Kier alpha value is -4.47. The fourth-order valence-corrected chi connectivity index (χ4v) is 5.39. The molecule has 0 aliphatic heterocycles. The summed E-state index contributed by atoms with van der Waals surface area (Å²) in [4.78, 5) is 29.5. The van der Waals surface area contributed by atoms with Crippen LogP contribution in [0.15, 0.2) is 115 Å². The molecule has 2 amide bonds. The standard InChI is InChI=1S/C33H35N3O5S/c1-41-30-21-13-12-20-29(30)22-34-33(38)32(28-18-10-5-11-19-28)36(24-27-16-8-4-9-17-27)31(37)25-35(42(2,39)40)23-26-14-6-3-7-15-26/h3-21,32H,22-25H2,1-2H3,(H,34,38)/t32-/m1/s1. The van der Waals surface area contributed by atoms with Gasteiger partial charge in [0.15, 0.2) is 0 Å². The van der Waals surface area contributed by atoms with Gasteiger partial charge in [-0.05, 0) is 22.8 Å². The number of carbonyl (C=O) groups excluding carboxylic acids is 2. The summed E-state index contributed by atoms with van der Waals surface area (Å²) in [7, 11) is -2.19. The summed E-state index contributed by atoms with van der Waals surface area (Å²) in [5.41, 5.74) is 2.94. The molecule has 42 heavy (non-hydrogen) atoms. The van der Waals surface area contributed by atoms with Crippen molar-refractivity contribution >= 4 is 21.8 Å². The molecular weight excluding hydrogens is 550 g/mol. The number of methoxy groups -OCH3 is 1. The Labute approximate surface area is 247 Å². The van der Waals surface area contributed by atoms with Crippen LogP contribution in [0.4, 0.5) is 0 Å². The number of hydrogen-bond acceptors (Lipinski definition) is 5. The van der Waals surface area contributed by atoms with Crippen LogP contribution in [-0.4, -0.2) is 49.3 Å². The highest BCUT2D eigenvalue weighted by Gasteiger charge is 2.33. The number of ether oxygens (including phenoxy) is 1. The van der Waals surface area contributed by atoms with Crippen LogP contribution in [0.5, 0.6) is 5.75 Å². The number of benzene rings is 4. The van der Waals surface area contributed by atoms with Crippen LogP contribution in [0.25, 0.3) is 0 Å². The highest BCUT2D eigenvalue weighted by molar-refractivity contribution is 7.88. The predicted molar refractivity (Wildman–Crippen MR) is 163 cm³/mol. The minimum absolute atomic E-state index is 0.0284. The van der Waals surface area contributed by atoms with Crippen molar-refractivity contribution in [1.82, 2.24) is 14.5 Å². The fraction of sp³-hybridized carbons (Fsp3) is 0.212. The topological polar surface area (TPSA) is 96.0 Å². The lowest BCUT2D eigenvalue weighted by Gasteiger charge is -2.33. The zero-order valence-corrected chi connectivity index (χ0v) is 24.5. The van der Waals surface area contributed by atoms with Gasteiger partial charge in [-0.15, -0.1) is 0 Å². The molecule has 0 radical (unpaired) electrons. The van der Waals surface area contributed by atoms with Crippen LogP contribution in [0.2, 0.25) is 0 Å². The normalized spacial score (nSPS) is 12.0. The van der Waals surface area contributed by atoms with Gasteiger partial charge in [-0.1, -0.05) is 109 Å². The van der Waals surface area contributed by atoms with E-state index in [1.54, 1.807) is 31.4 Å². The molecule has 0 aliphatic carbocycles. The molecule has 1 N–H and O–H groups in total. The number of nitrogens with one attached hydrogen (secondary N) is 1. The van der Waals surface area contributed by atoms with Crippen molar-refractivity contribution in [3.05, 3.63) is 138 Å². The minimum atomic E-state index is -3.76. The van der Waals surface area contributed by atoms with Crippen LogP contribution in [0.1, 0.15) is 28.3 Å². The van der Waals surface area contributed by atoms with Gasteiger partial charge in [-0.3, -0.25) is 9.59 Å². The lowest BCUT2D eigenvalue weighted by atomic mass is 10.0.